The van der Waals surface area contributed by atoms with E-state index in [1.165, 1.54) is 0 Å². The van der Waals surface area contributed by atoms with Gasteiger partial charge in [0.15, 0.2) is 5.69 Å². The number of nitrogens with zero attached hydrogens (tertiary/aromatic N) is 3. The molecule has 0 aliphatic heterocycles. The largest absolute Gasteiger partial charge is 0.456 e. The van der Waals surface area contributed by atoms with Gasteiger partial charge in [-0.25, -0.2) is 9.48 Å². The first kappa shape index (κ1) is 15.8. The van der Waals surface area contributed by atoms with Crippen molar-refractivity contribution in [3.63, 3.8) is 0 Å². The second-order valence-corrected chi connectivity index (χ2v) is 5.80. The maximum Gasteiger partial charge on any atom is 0.359 e. The molecule has 0 radical (unpaired) electrons. The summed E-state index contributed by atoms with van der Waals surface area (Å²) >= 11 is 0. The van der Waals surface area contributed by atoms with Crippen LogP contribution < -0.4 is 0 Å². The van der Waals surface area contributed by atoms with E-state index in [1.54, 1.807) is 31.5 Å². The molecule has 0 amide bonds. The highest BCUT2D eigenvalue weighted by Gasteiger charge is 2.30. The van der Waals surface area contributed by atoms with Crippen molar-refractivity contribution < 1.29 is 9.53 Å². The number of aryl methyl sites for hydroxylation is 1. The highest BCUT2D eigenvalue weighted by Crippen LogP contribution is 2.23. The standard InChI is InChI=1S/C17H19N3O2/c1-12-10-15(16(21)22-13(2)17(3,4)11-18)19-20(12)14-8-6-5-7-9-14/h5-10,13H,1-4H3/t13-/m1/s1. The van der Waals surface area contributed by atoms with Gasteiger partial charge in [0, 0.05) is 5.69 Å². The van der Waals surface area contributed by atoms with Gasteiger partial charge in [-0.15, -0.1) is 0 Å². The van der Waals surface area contributed by atoms with Gasteiger partial charge < -0.3 is 4.74 Å². The molecule has 1 aromatic heterocycles. The molecule has 0 bridgehead atoms. The predicted octanol–water partition coefficient (Wildman–Crippen LogP) is 3.28. The number of para-hydroxylation sites is 1. The van der Waals surface area contributed by atoms with E-state index in [4.69, 9.17) is 10.00 Å². The lowest BCUT2D eigenvalue weighted by molar-refractivity contribution is 0.0122. The Morgan fingerprint density at radius 1 is 1.36 bits per heavy atom. The zero-order valence-electron chi connectivity index (χ0n) is 13.2. The van der Waals surface area contributed by atoms with Gasteiger partial charge in [0.1, 0.15) is 6.10 Å². The molecule has 0 aliphatic rings. The summed E-state index contributed by atoms with van der Waals surface area (Å²) in [5.74, 6) is -0.520. The first-order valence-electron chi connectivity index (χ1n) is 7.09. The van der Waals surface area contributed by atoms with Crippen molar-refractivity contribution >= 4 is 5.97 Å². The monoisotopic (exact) mass is 297 g/mol. The van der Waals surface area contributed by atoms with Gasteiger partial charge in [-0.05, 0) is 45.9 Å². The third kappa shape index (κ3) is 3.17. The van der Waals surface area contributed by atoms with E-state index in [0.717, 1.165) is 11.4 Å². The van der Waals surface area contributed by atoms with E-state index in [1.807, 2.05) is 37.3 Å². The molecular weight excluding hydrogens is 278 g/mol. The van der Waals surface area contributed by atoms with Gasteiger partial charge in [0.25, 0.3) is 0 Å². The van der Waals surface area contributed by atoms with Crippen LogP contribution in [0.15, 0.2) is 36.4 Å². The fourth-order valence-electron chi connectivity index (χ4n) is 1.86. The van der Waals surface area contributed by atoms with Crippen LogP contribution in [0.25, 0.3) is 5.69 Å². The first-order valence-corrected chi connectivity index (χ1v) is 7.09. The first-order chi connectivity index (χ1) is 10.3. The Morgan fingerprint density at radius 2 is 2.00 bits per heavy atom. The molecule has 0 aliphatic carbocycles. The minimum atomic E-state index is -0.743. The van der Waals surface area contributed by atoms with Crippen molar-refractivity contribution in [2.24, 2.45) is 5.41 Å². The molecule has 0 N–H and O–H groups in total. The van der Waals surface area contributed by atoms with Crippen molar-refractivity contribution in [2.75, 3.05) is 0 Å². The maximum atomic E-state index is 12.2. The third-order valence-corrected chi connectivity index (χ3v) is 3.69. The molecule has 5 heteroatoms. The fourth-order valence-corrected chi connectivity index (χ4v) is 1.86. The highest BCUT2D eigenvalue weighted by atomic mass is 16.5. The Balaban J connectivity index is 2.21. The van der Waals surface area contributed by atoms with Crippen LogP contribution in [0.1, 0.15) is 37.0 Å². The molecule has 1 aromatic carbocycles. The van der Waals surface area contributed by atoms with Crippen LogP contribution in [-0.4, -0.2) is 21.9 Å². The number of carbonyl (C=O) groups is 1. The SMILES string of the molecule is Cc1cc(C(=O)O[C@H](C)C(C)(C)C#N)nn1-c1ccccc1. The van der Waals surface area contributed by atoms with E-state index in [9.17, 15) is 4.79 Å². The van der Waals surface area contributed by atoms with Crippen molar-refractivity contribution in [3.05, 3.63) is 47.8 Å². The van der Waals surface area contributed by atoms with Crippen LogP contribution in [0, 0.1) is 23.7 Å². The molecule has 0 unspecified atom stereocenters. The van der Waals surface area contributed by atoms with Crippen LogP contribution in [0.3, 0.4) is 0 Å². The molecular formula is C17H19N3O2. The van der Waals surface area contributed by atoms with Gasteiger partial charge in [0.2, 0.25) is 0 Å². The second-order valence-electron chi connectivity index (χ2n) is 5.80. The molecule has 0 fully saturated rings. The van der Waals surface area contributed by atoms with Crippen molar-refractivity contribution in [2.45, 2.75) is 33.8 Å². The molecule has 1 atom stereocenters. The van der Waals surface area contributed by atoms with Crippen molar-refractivity contribution in [1.82, 2.24) is 9.78 Å². The molecule has 0 saturated carbocycles. The van der Waals surface area contributed by atoms with Gasteiger partial charge in [0.05, 0.1) is 17.2 Å². The molecule has 2 aromatic rings. The maximum absolute atomic E-state index is 12.2. The van der Waals surface area contributed by atoms with Gasteiger partial charge in [-0.3, -0.25) is 0 Å². The lowest BCUT2D eigenvalue weighted by Gasteiger charge is -2.23. The lowest BCUT2D eigenvalue weighted by Crippen LogP contribution is -2.30. The number of benzene rings is 1. The second kappa shape index (κ2) is 6.02. The minimum Gasteiger partial charge on any atom is -0.456 e. The van der Waals surface area contributed by atoms with Crippen LogP contribution in [0.2, 0.25) is 0 Å². The number of hydrogen-bond acceptors (Lipinski definition) is 4. The smallest absolute Gasteiger partial charge is 0.359 e. The van der Waals surface area contributed by atoms with E-state index >= 15 is 0 Å². The quantitative estimate of drug-likeness (QED) is 0.812. The van der Waals surface area contributed by atoms with Crippen molar-refractivity contribution in [1.29, 1.82) is 5.26 Å². The van der Waals surface area contributed by atoms with Crippen LogP contribution >= 0.6 is 0 Å². The van der Waals surface area contributed by atoms with Gasteiger partial charge in [-0.1, -0.05) is 18.2 Å². The lowest BCUT2D eigenvalue weighted by atomic mass is 9.89. The Bertz CT molecular complexity index is 711. The molecule has 5 nitrogen and oxygen atoms in total. The molecule has 2 rings (SSSR count). The summed E-state index contributed by atoms with van der Waals surface area (Å²) in [6.07, 6.45) is -0.521. The third-order valence-electron chi connectivity index (χ3n) is 3.69. The number of hydrogen-bond donors (Lipinski definition) is 0. The van der Waals surface area contributed by atoms with Crippen LogP contribution in [0.5, 0.6) is 0 Å². The van der Waals surface area contributed by atoms with Gasteiger partial charge >= 0.3 is 5.97 Å². The van der Waals surface area contributed by atoms with Gasteiger partial charge in [-0.2, -0.15) is 10.4 Å². The molecule has 22 heavy (non-hydrogen) atoms. The fraction of sp³-hybridized carbons (Fsp3) is 0.353. The van der Waals surface area contributed by atoms with E-state index in [-0.39, 0.29) is 5.69 Å². The summed E-state index contributed by atoms with van der Waals surface area (Å²) in [5.41, 5.74) is 1.21. The van der Waals surface area contributed by atoms with Crippen LogP contribution in [-0.2, 0) is 4.74 Å². The zero-order valence-corrected chi connectivity index (χ0v) is 13.2. The number of carbonyl (C=O) groups excluding carboxylic acids is 1. The van der Waals surface area contributed by atoms with Crippen LogP contribution in [0.4, 0.5) is 0 Å². The normalized spacial score (nSPS) is 12.5. The number of esters is 1. The molecule has 114 valence electrons. The molecule has 0 saturated heterocycles. The molecule has 1 heterocycles. The Kier molecular flexibility index (Phi) is 4.32. The summed E-state index contributed by atoms with van der Waals surface area (Å²) < 4.78 is 7.05. The molecule has 0 spiro atoms. The number of aromatic nitrogens is 2. The predicted molar refractivity (Wildman–Crippen MR) is 82.6 cm³/mol. The zero-order chi connectivity index (χ0) is 16.3. The Morgan fingerprint density at radius 3 is 2.59 bits per heavy atom. The Labute approximate surface area is 130 Å². The highest BCUT2D eigenvalue weighted by molar-refractivity contribution is 5.87. The average Bonchev–Trinajstić information content (AvgIpc) is 2.90. The number of ether oxygens (including phenoxy) is 1. The number of rotatable bonds is 4. The van der Waals surface area contributed by atoms with E-state index in [0.29, 0.717) is 0 Å². The van der Waals surface area contributed by atoms with Crippen molar-refractivity contribution in [3.8, 4) is 11.8 Å². The number of nitriles is 1. The summed E-state index contributed by atoms with van der Waals surface area (Å²) in [6, 6.07) is 13.4. The average molecular weight is 297 g/mol. The summed E-state index contributed by atoms with van der Waals surface area (Å²) in [4.78, 5) is 12.2. The summed E-state index contributed by atoms with van der Waals surface area (Å²) in [6.45, 7) is 7.05. The minimum absolute atomic E-state index is 0.238. The Hall–Kier alpha value is -2.61. The summed E-state index contributed by atoms with van der Waals surface area (Å²) in [5, 5.41) is 13.4. The van der Waals surface area contributed by atoms with E-state index in [2.05, 4.69) is 11.2 Å². The summed E-state index contributed by atoms with van der Waals surface area (Å²) in [7, 11) is 0. The topological polar surface area (TPSA) is 67.9 Å². The van der Waals surface area contributed by atoms with E-state index < -0.39 is 17.5 Å².